The topological polar surface area (TPSA) is 47.5 Å². The van der Waals surface area contributed by atoms with Gasteiger partial charge in [0.1, 0.15) is 0 Å². The summed E-state index contributed by atoms with van der Waals surface area (Å²) in [6.45, 7) is 21.7. The van der Waals surface area contributed by atoms with Gasteiger partial charge in [0.2, 0.25) is 0 Å². The van der Waals surface area contributed by atoms with Gasteiger partial charge in [-0.1, -0.05) is 102 Å². The highest BCUT2D eigenvalue weighted by atomic mass is 16.3. The van der Waals surface area contributed by atoms with Crippen LogP contribution in [0.4, 0.5) is 17.1 Å². The molecule has 0 aliphatic rings. The largest absolute Gasteiger partial charge is 0.513 e. The zero-order valence-corrected chi connectivity index (χ0v) is 28.4. The molecule has 3 aromatic carbocycles. The summed E-state index contributed by atoms with van der Waals surface area (Å²) in [7, 11) is 4.17. The summed E-state index contributed by atoms with van der Waals surface area (Å²) < 4.78 is 0. The van der Waals surface area contributed by atoms with Crippen LogP contribution >= 0.6 is 0 Å². The first-order valence-corrected chi connectivity index (χ1v) is 16.2. The predicted molar refractivity (Wildman–Crippen MR) is 193 cm³/mol. The van der Waals surface area contributed by atoms with Crippen LogP contribution in [0.15, 0.2) is 103 Å². The van der Waals surface area contributed by atoms with Crippen LogP contribution < -0.4 is 15.5 Å². The fourth-order valence-corrected chi connectivity index (χ4v) is 6.04. The van der Waals surface area contributed by atoms with Crippen molar-refractivity contribution in [1.82, 2.24) is 5.32 Å². The summed E-state index contributed by atoms with van der Waals surface area (Å²) in [6.07, 6.45) is 5.53. The average molecular weight is 594 g/mol. The van der Waals surface area contributed by atoms with Gasteiger partial charge in [0.05, 0.1) is 17.1 Å². The molecule has 0 bridgehead atoms. The lowest BCUT2D eigenvalue weighted by atomic mass is 9.87. The summed E-state index contributed by atoms with van der Waals surface area (Å²) in [5, 5.41) is 17.1. The molecule has 0 amide bonds. The van der Waals surface area contributed by atoms with E-state index in [1.165, 1.54) is 27.9 Å². The van der Waals surface area contributed by atoms with Gasteiger partial charge in [-0.2, -0.15) is 0 Å². The molecule has 2 unspecified atom stereocenters. The number of rotatable bonds is 16. The first-order chi connectivity index (χ1) is 21.0. The van der Waals surface area contributed by atoms with Gasteiger partial charge in [0.25, 0.3) is 0 Å². The van der Waals surface area contributed by atoms with Gasteiger partial charge in [-0.05, 0) is 97.2 Å². The lowest BCUT2D eigenvalue weighted by Crippen LogP contribution is -2.36. The zero-order chi connectivity index (χ0) is 32.4. The molecule has 0 spiro atoms. The number of nitrogens with zero attached hydrogens (tertiary/aromatic N) is 1. The van der Waals surface area contributed by atoms with Gasteiger partial charge < -0.3 is 20.6 Å². The van der Waals surface area contributed by atoms with E-state index in [9.17, 15) is 5.11 Å². The van der Waals surface area contributed by atoms with E-state index >= 15 is 0 Å². The second kappa shape index (κ2) is 16.4. The maximum atomic E-state index is 9.61. The lowest BCUT2D eigenvalue weighted by molar-refractivity contribution is 0.337. The van der Waals surface area contributed by atoms with Crippen LogP contribution in [0.5, 0.6) is 0 Å². The van der Waals surface area contributed by atoms with Gasteiger partial charge in [-0.25, -0.2) is 0 Å². The molecule has 0 saturated carbocycles. The van der Waals surface area contributed by atoms with Crippen molar-refractivity contribution in [3.63, 3.8) is 0 Å². The Morgan fingerprint density at radius 2 is 1.50 bits per heavy atom. The molecule has 0 fully saturated rings. The third-order valence-electron chi connectivity index (χ3n) is 8.72. The van der Waals surface area contributed by atoms with E-state index in [4.69, 9.17) is 0 Å². The highest BCUT2D eigenvalue weighted by molar-refractivity contribution is 5.81. The van der Waals surface area contributed by atoms with E-state index in [1.54, 1.807) is 13.0 Å². The van der Waals surface area contributed by atoms with Crippen LogP contribution in [0.25, 0.3) is 11.1 Å². The standard InChI is InChI=1S/C40H55N3O/c1-11-32(22-21-29(6)23-31(8)44)38(41-9)24-30(7)43(10)39-20-16-15-19-37(39)42-40-35(27(2)3)25-34(26-36(40)28(4)5)33-17-13-12-14-18-33/h12-20,23,25-28,32,38,41-42,44H,6-7,11,21-22,24H2,1-5,8-10H3/b31-23+. The Balaban J connectivity index is 1.90. The predicted octanol–water partition coefficient (Wildman–Crippen LogP) is 11.1. The number of para-hydroxylation sites is 2. The van der Waals surface area contributed by atoms with Gasteiger partial charge in [-0.15, -0.1) is 0 Å². The molecular weight excluding hydrogens is 538 g/mol. The monoisotopic (exact) mass is 593 g/mol. The summed E-state index contributed by atoms with van der Waals surface area (Å²) >= 11 is 0. The van der Waals surface area contributed by atoms with Crippen LogP contribution in [0.2, 0.25) is 0 Å². The second-order valence-electron chi connectivity index (χ2n) is 12.7. The summed E-state index contributed by atoms with van der Waals surface area (Å²) in [6, 6.07) is 24.2. The number of benzene rings is 3. The van der Waals surface area contributed by atoms with Crippen LogP contribution in [-0.2, 0) is 0 Å². The van der Waals surface area contributed by atoms with Crippen molar-refractivity contribution >= 4 is 17.1 Å². The molecule has 3 rings (SSSR count). The fraction of sp³-hybridized carbons (Fsp3) is 0.400. The molecular formula is C40H55N3O. The lowest BCUT2D eigenvalue weighted by Gasteiger charge is -2.32. The van der Waals surface area contributed by atoms with E-state index < -0.39 is 0 Å². The molecule has 3 N–H and O–H groups in total. The third kappa shape index (κ3) is 9.12. The van der Waals surface area contributed by atoms with Crippen molar-refractivity contribution in [2.75, 3.05) is 24.3 Å². The number of allylic oxidation sites excluding steroid dienone is 3. The Kier molecular flexibility index (Phi) is 12.9. The summed E-state index contributed by atoms with van der Waals surface area (Å²) in [5.74, 6) is 1.49. The Hall–Kier alpha value is -3.76. The summed E-state index contributed by atoms with van der Waals surface area (Å²) in [4.78, 5) is 2.23. The molecule has 0 radical (unpaired) electrons. The average Bonchev–Trinajstić information content (AvgIpc) is 3.00. The van der Waals surface area contributed by atoms with Crippen LogP contribution in [0, 0.1) is 5.92 Å². The summed E-state index contributed by atoms with van der Waals surface area (Å²) in [5.41, 5.74) is 10.6. The van der Waals surface area contributed by atoms with Crippen molar-refractivity contribution in [3.05, 3.63) is 114 Å². The first-order valence-electron chi connectivity index (χ1n) is 16.2. The minimum atomic E-state index is 0.285. The number of hydrogen-bond acceptors (Lipinski definition) is 4. The molecule has 3 aromatic rings. The Labute approximate surface area is 267 Å². The van der Waals surface area contributed by atoms with Gasteiger partial charge in [0.15, 0.2) is 0 Å². The van der Waals surface area contributed by atoms with Gasteiger partial charge in [-0.3, -0.25) is 0 Å². The van der Waals surface area contributed by atoms with E-state index in [0.717, 1.165) is 48.3 Å². The van der Waals surface area contributed by atoms with Gasteiger partial charge in [0, 0.05) is 30.9 Å². The molecule has 2 atom stereocenters. The number of nitrogens with one attached hydrogen (secondary N) is 2. The van der Waals surface area contributed by atoms with Crippen LogP contribution in [0.3, 0.4) is 0 Å². The molecule has 4 heteroatoms. The fourth-order valence-electron chi connectivity index (χ4n) is 6.04. The SMILES string of the molecule is C=C(/C=C(\C)O)CCC(CC)C(CC(=C)N(C)c1ccccc1Nc1c(C(C)C)cc(-c2ccccc2)cc1C(C)C)NC. The highest BCUT2D eigenvalue weighted by Gasteiger charge is 2.23. The zero-order valence-electron chi connectivity index (χ0n) is 28.4. The maximum absolute atomic E-state index is 9.61. The van der Waals surface area contributed by atoms with Crippen molar-refractivity contribution in [3.8, 4) is 11.1 Å². The number of aliphatic hydroxyl groups is 1. The Morgan fingerprint density at radius 3 is 2.05 bits per heavy atom. The minimum Gasteiger partial charge on any atom is -0.513 e. The van der Waals surface area contributed by atoms with E-state index in [-0.39, 0.29) is 6.04 Å². The second-order valence-corrected chi connectivity index (χ2v) is 12.7. The minimum absolute atomic E-state index is 0.285. The number of hydrogen-bond donors (Lipinski definition) is 3. The van der Waals surface area contributed by atoms with Gasteiger partial charge >= 0.3 is 0 Å². The maximum Gasteiger partial charge on any atom is 0.0894 e. The smallest absolute Gasteiger partial charge is 0.0894 e. The third-order valence-corrected chi connectivity index (χ3v) is 8.72. The molecule has 236 valence electrons. The Bertz CT molecular complexity index is 1390. The van der Waals surface area contributed by atoms with Crippen LogP contribution in [-0.4, -0.2) is 25.2 Å². The molecule has 0 heterocycles. The molecule has 44 heavy (non-hydrogen) atoms. The van der Waals surface area contributed by atoms with Crippen molar-refractivity contribution in [1.29, 1.82) is 0 Å². The molecule has 0 saturated heterocycles. The van der Waals surface area contributed by atoms with Crippen molar-refractivity contribution in [2.45, 2.75) is 85.1 Å². The first kappa shape index (κ1) is 34.7. The molecule has 0 aliphatic heterocycles. The quantitative estimate of drug-likeness (QED) is 0.114. The van der Waals surface area contributed by atoms with Crippen molar-refractivity contribution in [2.24, 2.45) is 5.92 Å². The van der Waals surface area contributed by atoms with E-state index in [0.29, 0.717) is 23.5 Å². The van der Waals surface area contributed by atoms with E-state index in [1.807, 2.05) is 7.05 Å². The molecule has 4 nitrogen and oxygen atoms in total. The highest BCUT2D eigenvalue weighted by Crippen LogP contribution is 2.41. The normalized spacial score (nSPS) is 13.2. The van der Waals surface area contributed by atoms with Crippen molar-refractivity contribution < 1.29 is 5.11 Å². The van der Waals surface area contributed by atoms with E-state index in [2.05, 4.69) is 137 Å². The Morgan fingerprint density at radius 1 is 0.909 bits per heavy atom. The molecule has 0 aromatic heterocycles. The number of aliphatic hydroxyl groups excluding tert-OH is 1. The number of anilines is 3. The van der Waals surface area contributed by atoms with Crippen LogP contribution in [0.1, 0.15) is 90.2 Å². The molecule has 0 aliphatic carbocycles.